The molecule has 1 amide bonds. The topological polar surface area (TPSA) is 49.6 Å². The van der Waals surface area contributed by atoms with E-state index in [1.807, 2.05) is 20.8 Å². The standard InChI is InChI=1S/C20H26FN3O2/c1-20(2,3)19-22-15-12-24(11-10-16(15)26-19)18(25)17(23(4)5)13-8-6-7-9-14(13)21/h6-9,17H,10-12H2,1-5H3. The molecule has 140 valence electrons. The lowest BCUT2D eigenvalue weighted by molar-refractivity contribution is -0.137. The number of hydrogen-bond acceptors (Lipinski definition) is 4. The third-order valence-corrected chi connectivity index (χ3v) is 4.63. The Morgan fingerprint density at radius 3 is 2.62 bits per heavy atom. The van der Waals surface area contributed by atoms with Crippen molar-refractivity contribution >= 4 is 5.91 Å². The molecule has 0 radical (unpaired) electrons. The van der Waals surface area contributed by atoms with Gasteiger partial charge >= 0.3 is 0 Å². The van der Waals surface area contributed by atoms with Crippen molar-refractivity contribution in [3.63, 3.8) is 0 Å². The van der Waals surface area contributed by atoms with Crippen LogP contribution in [0.25, 0.3) is 0 Å². The summed E-state index contributed by atoms with van der Waals surface area (Å²) in [5.74, 6) is 1.06. The van der Waals surface area contributed by atoms with E-state index in [0.717, 1.165) is 11.5 Å². The number of amides is 1. The lowest BCUT2D eigenvalue weighted by Gasteiger charge is -2.32. The molecule has 1 aliphatic rings. The molecule has 0 fully saturated rings. The van der Waals surface area contributed by atoms with Gasteiger partial charge < -0.3 is 9.32 Å². The highest BCUT2D eigenvalue weighted by atomic mass is 19.1. The van der Waals surface area contributed by atoms with Gasteiger partial charge in [0.15, 0.2) is 5.89 Å². The van der Waals surface area contributed by atoms with Crippen molar-refractivity contribution in [2.24, 2.45) is 0 Å². The van der Waals surface area contributed by atoms with Gasteiger partial charge in [-0.1, -0.05) is 39.0 Å². The van der Waals surface area contributed by atoms with Crippen molar-refractivity contribution in [2.45, 2.75) is 45.2 Å². The summed E-state index contributed by atoms with van der Waals surface area (Å²) in [4.78, 5) is 21.3. The smallest absolute Gasteiger partial charge is 0.244 e. The number of nitrogens with zero attached hydrogens (tertiary/aromatic N) is 3. The fourth-order valence-corrected chi connectivity index (χ4v) is 3.21. The molecule has 0 saturated heterocycles. The number of carbonyl (C=O) groups is 1. The maximum Gasteiger partial charge on any atom is 0.244 e. The third kappa shape index (κ3) is 3.51. The monoisotopic (exact) mass is 359 g/mol. The van der Waals surface area contributed by atoms with Crippen LogP contribution in [0.15, 0.2) is 28.7 Å². The highest BCUT2D eigenvalue weighted by Crippen LogP contribution is 2.30. The molecule has 3 rings (SSSR count). The molecule has 26 heavy (non-hydrogen) atoms. The molecule has 1 atom stereocenters. The summed E-state index contributed by atoms with van der Waals surface area (Å²) in [6, 6.07) is 5.78. The van der Waals surface area contributed by atoms with Crippen LogP contribution in [0.4, 0.5) is 4.39 Å². The van der Waals surface area contributed by atoms with Crippen molar-refractivity contribution in [3.8, 4) is 0 Å². The summed E-state index contributed by atoms with van der Waals surface area (Å²) in [6.07, 6.45) is 0.627. The summed E-state index contributed by atoms with van der Waals surface area (Å²) in [5.41, 5.74) is 1.02. The first-order valence-electron chi connectivity index (χ1n) is 8.87. The second-order valence-electron chi connectivity index (χ2n) is 8.04. The molecule has 1 aliphatic heterocycles. The molecule has 2 heterocycles. The first-order valence-corrected chi connectivity index (χ1v) is 8.87. The van der Waals surface area contributed by atoms with Crippen LogP contribution in [0, 0.1) is 5.82 Å². The van der Waals surface area contributed by atoms with E-state index in [1.54, 1.807) is 42.1 Å². The lowest BCUT2D eigenvalue weighted by Crippen LogP contribution is -2.43. The number of benzene rings is 1. The Morgan fingerprint density at radius 1 is 1.31 bits per heavy atom. The quantitative estimate of drug-likeness (QED) is 0.844. The van der Waals surface area contributed by atoms with Gasteiger partial charge in [-0.3, -0.25) is 9.69 Å². The van der Waals surface area contributed by atoms with Gasteiger partial charge in [-0.05, 0) is 20.2 Å². The van der Waals surface area contributed by atoms with Crippen LogP contribution in [-0.2, 0) is 23.2 Å². The summed E-state index contributed by atoms with van der Waals surface area (Å²) in [7, 11) is 3.58. The fourth-order valence-electron chi connectivity index (χ4n) is 3.21. The van der Waals surface area contributed by atoms with Crippen molar-refractivity contribution < 1.29 is 13.6 Å². The summed E-state index contributed by atoms with van der Waals surface area (Å²) in [6.45, 7) is 7.09. The van der Waals surface area contributed by atoms with Crippen LogP contribution in [0.3, 0.4) is 0 Å². The summed E-state index contributed by atoms with van der Waals surface area (Å²) >= 11 is 0. The highest BCUT2D eigenvalue weighted by Gasteiger charge is 2.34. The number of fused-ring (bicyclic) bond motifs is 1. The van der Waals surface area contributed by atoms with Gasteiger partial charge in [-0.25, -0.2) is 9.37 Å². The fraction of sp³-hybridized carbons (Fsp3) is 0.500. The van der Waals surface area contributed by atoms with Gasteiger partial charge in [0.25, 0.3) is 0 Å². The minimum atomic E-state index is -0.660. The van der Waals surface area contributed by atoms with Gasteiger partial charge in [0.1, 0.15) is 23.3 Å². The van der Waals surface area contributed by atoms with Crippen LogP contribution in [0.5, 0.6) is 0 Å². The van der Waals surface area contributed by atoms with E-state index in [0.29, 0.717) is 31.0 Å². The highest BCUT2D eigenvalue weighted by molar-refractivity contribution is 5.83. The number of halogens is 1. The Morgan fingerprint density at radius 2 is 2.00 bits per heavy atom. The Balaban J connectivity index is 1.86. The van der Waals surface area contributed by atoms with E-state index in [4.69, 9.17) is 4.42 Å². The SMILES string of the molecule is CN(C)C(C(=O)N1CCc2oc(C(C)(C)C)nc2C1)c1ccccc1F. The number of rotatable bonds is 3. The summed E-state index contributed by atoms with van der Waals surface area (Å²) in [5, 5.41) is 0. The summed E-state index contributed by atoms with van der Waals surface area (Å²) < 4.78 is 20.2. The average Bonchev–Trinajstić information content (AvgIpc) is 3.00. The van der Waals surface area contributed by atoms with E-state index in [2.05, 4.69) is 4.98 Å². The van der Waals surface area contributed by atoms with Gasteiger partial charge in [0.05, 0.1) is 6.54 Å². The number of carbonyl (C=O) groups excluding carboxylic acids is 1. The largest absolute Gasteiger partial charge is 0.445 e. The molecule has 1 aromatic heterocycles. The van der Waals surface area contributed by atoms with Crippen molar-refractivity contribution in [1.29, 1.82) is 0 Å². The van der Waals surface area contributed by atoms with Gasteiger partial charge in [-0.2, -0.15) is 0 Å². The number of aromatic nitrogens is 1. The maximum atomic E-state index is 14.3. The first-order chi connectivity index (χ1) is 12.2. The van der Waals surface area contributed by atoms with Crippen molar-refractivity contribution in [3.05, 3.63) is 53.0 Å². The molecule has 5 nitrogen and oxygen atoms in total. The van der Waals surface area contributed by atoms with E-state index in [1.165, 1.54) is 6.07 Å². The average molecular weight is 359 g/mol. The molecule has 0 bridgehead atoms. The first kappa shape index (κ1) is 18.6. The second kappa shape index (κ2) is 6.83. The molecule has 0 saturated carbocycles. The van der Waals surface area contributed by atoms with Gasteiger partial charge in [-0.15, -0.1) is 0 Å². The third-order valence-electron chi connectivity index (χ3n) is 4.63. The van der Waals surface area contributed by atoms with Crippen LogP contribution in [-0.4, -0.2) is 41.3 Å². The number of hydrogen-bond donors (Lipinski definition) is 0. The lowest BCUT2D eigenvalue weighted by atomic mass is 9.97. The van der Waals surface area contributed by atoms with Gasteiger partial charge in [0, 0.05) is 23.9 Å². The molecular formula is C20H26FN3O2. The number of oxazole rings is 1. The van der Waals surface area contributed by atoms with E-state index in [9.17, 15) is 9.18 Å². The zero-order valence-electron chi connectivity index (χ0n) is 16.0. The zero-order valence-corrected chi connectivity index (χ0v) is 16.0. The van der Waals surface area contributed by atoms with Gasteiger partial charge in [0.2, 0.25) is 5.91 Å². The van der Waals surface area contributed by atoms with Crippen LogP contribution < -0.4 is 0 Å². The Labute approximate surface area is 153 Å². The van der Waals surface area contributed by atoms with Crippen molar-refractivity contribution in [2.75, 3.05) is 20.6 Å². The normalized spacial score (nSPS) is 15.9. The van der Waals surface area contributed by atoms with E-state index < -0.39 is 6.04 Å². The second-order valence-corrected chi connectivity index (χ2v) is 8.04. The zero-order chi connectivity index (χ0) is 19.1. The molecule has 0 spiro atoms. The van der Waals surface area contributed by atoms with Crippen molar-refractivity contribution in [1.82, 2.24) is 14.8 Å². The predicted molar refractivity (Wildman–Crippen MR) is 97.2 cm³/mol. The number of likely N-dealkylation sites (N-methyl/N-ethyl adjacent to an activating group) is 1. The molecular weight excluding hydrogens is 333 g/mol. The minimum absolute atomic E-state index is 0.119. The van der Waals surface area contributed by atoms with E-state index in [-0.39, 0.29) is 17.1 Å². The predicted octanol–water partition coefficient (Wildman–Crippen LogP) is 3.30. The maximum absolute atomic E-state index is 14.3. The van der Waals surface area contributed by atoms with Crippen LogP contribution in [0.1, 0.15) is 49.7 Å². The molecule has 2 aromatic rings. The van der Waals surface area contributed by atoms with E-state index >= 15 is 0 Å². The molecule has 0 aliphatic carbocycles. The molecule has 6 heteroatoms. The minimum Gasteiger partial charge on any atom is -0.445 e. The Bertz CT molecular complexity index is 808. The molecule has 1 unspecified atom stereocenters. The Kier molecular flexibility index (Phi) is 4.88. The Hall–Kier alpha value is -2.21. The molecule has 0 N–H and O–H groups in total. The molecule has 1 aromatic carbocycles. The van der Waals surface area contributed by atoms with Crippen LogP contribution >= 0.6 is 0 Å². The van der Waals surface area contributed by atoms with Crippen LogP contribution in [0.2, 0.25) is 0 Å².